The lowest BCUT2D eigenvalue weighted by Gasteiger charge is -2.07. The first-order valence-corrected chi connectivity index (χ1v) is 7.86. The first-order chi connectivity index (χ1) is 10.2. The fraction of sp³-hybridized carbons (Fsp3) is 0.200. The van der Waals surface area contributed by atoms with Gasteiger partial charge in [-0.1, -0.05) is 12.1 Å². The highest BCUT2D eigenvalue weighted by Crippen LogP contribution is 2.26. The van der Waals surface area contributed by atoms with Gasteiger partial charge in [0.25, 0.3) is 0 Å². The Morgan fingerprint density at radius 1 is 1.33 bits per heavy atom. The molecule has 0 aliphatic carbocycles. The summed E-state index contributed by atoms with van der Waals surface area (Å²) in [5.74, 6) is 0.125. The average Bonchev–Trinajstić information content (AvgIpc) is 3.10. The van der Waals surface area contributed by atoms with E-state index in [1.165, 1.54) is 17.4 Å². The van der Waals surface area contributed by atoms with Crippen molar-refractivity contribution in [3.05, 3.63) is 58.6 Å². The molecule has 3 rings (SSSR count). The molecule has 0 fully saturated rings. The molecule has 3 aromatic rings. The Morgan fingerprint density at radius 2 is 2.19 bits per heavy atom. The summed E-state index contributed by atoms with van der Waals surface area (Å²) in [4.78, 5) is 4.36. The minimum absolute atomic E-state index is 0.245. The first-order valence-electron chi connectivity index (χ1n) is 6.45. The molecule has 0 saturated heterocycles. The maximum Gasteiger partial charge on any atom is 0.128 e. The maximum absolute atomic E-state index is 14.3. The molecule has 1 aromatic carbocycles. The number of hydrogen-bond donors (Lipinski definition) is 0. The number of nitrogens with zero attached hydrogens (tertiary/aromatic N) is 3. The van der Waals surface area contributed by atoms with Gasteiger partial charge in [0.15, 0.2) is 0 Å². The molecule has 0 atom stereocenters. The minimum Gasteiger partial charge on any atom is -0.265 e. The number of aryl methyl sites for hydroxylation is 1. The zero-order valence-corrected chi connectivity index (χ0v) is 13.0. The highest BCUT2D eigenvalue weighted by atomic mass is 35.5. The zero-order valence-electron chi connectivity index (χ0n) is 11.4. The Hall–Kier alpha value is -1.72. The molecule has 0 N–H and O–H groups in total. The molecule has 2 aromatic heterocycles. The molecule has 108 valence electrons. The topological polar surface area (TPSA) is 30.7 Å². The fourth-order valence-electron chi connectivity index (χ4n) is 2.04. The minimum atomic E-state index is -0.245. The monoisotopic (exact) mass is 321 g/mol. The summed E-state index contributed by atoms with van der Waals surface area (Å²) < 4.78 is 16.0. The number of alkyl halides is 1. The van der Waals surface area contributed by atoms with E-state index in [-0.39, 0.29) is 5.82 Å². The molecular formula is C15H13ClFN3S. The van der Waals surface area contributed by atoms with Gasteiger partial charge in [0.2, 0.25) is 0 Å². The van der Waals surface area contributed by atoms with E-state index in [0.29, 0.717) is 18.0 Å². The van der Waals surface area contributed by atoms with Gasteiger partial charge in [0.05, 0.1) is 18.1 Å². The van der Waals surface area contributed by atoms with Crippen molar-refractivity contribution in [1.29, 1.82) is 0 Å². The Labute approximate surface area is 131 Å². The number of hydrogen-bond acceptors (Lipinski definition) is 3. The van der Waals surface area contributed by atoms with Crippen molar-refractivity contribution in [3.63, 3.8) is 0 Å². The molecule has 0 radical (unpaired) electrons. The molecule has 0 amide bonds. The van der Waals surface area contributed by atoms with E-state index in [0.717, 1.165) is 22.0 Å². The number of rotatable bonds is 4. The Balaban J connectivity index is 1.87. The SMILES string of the molecule is Cc1ccnn1Cc1ccc(-c2nc(CCl)cs2)cc1F. The van der Waals surface area contributed by atoms with Crippen molar-refractivity contribution in [3.8, 4) is 10.6 Å². The van der Waals surface area contributed by atoms with Gasteiger partial charge in [-0.2, -0.15) is 5.10 Å². The van der Waals surface area contributed by atoms with Crippen molar-refractivity contribution in [2.45, 2.75) is 19.3 Å². The predicted molar refractivity (Wildman–Crippen MR) is 83.1 cm³/mol. The Bertz CT molecular complexity index is 766. The van der Waals surface area contributed by atoms with Crippen LogP contribution in [-0.2, 0) is 12.4 Å². The highest BCUT2D eigenvalue weighted by Gasteiger charge is 2.10. The normalized spacial score (nSPS) is 11.0. The molecular weight excluding hydrogens is 309 g/mol. The van der Waals surface area contributed by atoms with Gasteiger partial charge in [-0.25, -0.2) is 9.37 Å². The van der Waals surface area contributed by atoms with Crippen molar-refractivity contribution in [2.75, 3.05) is 0 Å². The predicted octanol–water partition coefficient (Wildman–Crippen LogP) is 4.24. The molecule has 0 unspecified atom stereocenters. The van der Waals surface area contributed by atoms with Gasteiger partial charge in [-0.05, 0) is 19.1 Å². The van der Waals surface area contributed by atoms with Gasteiger partial charge in [-0.15, -0.1) is 22.9 Å². The van der Waals surface area contributed by atoms with Crippen molar-refractivity contribution >= 4 is 22.9 Å². The lowest BCUT2D eigenvalue weighted by Crippen LogP contribution is -2.05. The molecule has 0 bridgehead atoms. The van der Waals surface area contributed by atoms with Crippen LogP contribution in [0.25, 0.3) is 10.6 Å². The van der Waals surface area contributed by atoms with Crippen LogP contribution >= 0.6 is 22.9 Å². The van der Waals surface area contributed by atoms with Gasteiger partial charge < -0.3 is 0 Å². The fourth-order valence-corrected chi connectivity index (χ4v) is 3.08. The van der Waals surface area contributed by atoms with Crippen LogP contribution in [-0.4, -0.2) is 14.8 Å². The third kappa shape index (κ3) is 2.99. The van der Waals surface area contributed by atoms with Crippen LogP contribution in [0.1, 0.15) is 17.0 Å². The summed E-state index contributed by atoms with van der Waals surface area (Å²) in [6, 6.07) is 7.09. The summed E-state index contributed by atoms with van der Waals surface area (Å²) in [5, 5.41) is 6.85. The lowest BCUT2D eigenvalue weighted by molar-refractivity contribution is 0.580. The summed E-state index contributed by atoms with van der Waals surface area (Å²) in [6.07, 6.45) is 1.71. The Kier molecular flexibility index (Phi) is 4.03. The third-order valence-corrected chi connectivity index (χ3v) is 4.45. The summed E-state index contributed by atoms with van der Waals surface area (Å²) in [7, 11) is 0. The van der Waals surface area contributed by atoms with Crippen molar-refractivity contribution in [1.82, 2.24) is 14.8 Å². The average molecular weight is 322 g/mol. The van der Waals surface area contributed by atoms with Crippen molar-refractivity contribution < 1.29 is 4.39 Å². The molecule has 0 saturated carbocycles. The largest absolute Gasteiger partial charge is 0.265 e. The quantitative estimate of drug-likeness (QED) is 0.673. The van der Waals surface area contributed by atoms with E-state index in [1.807, 2.05) is 24.4 Å². The van der Waals surface area contributed by atoms with Crippen molar-refractivity contribution in [2.24, 2.45) is 0 Å². The molecule has 0 aliphatic rings. The molecule has 6 heteroatoms. The van der Waals surface area contributed by atoms with Gasteiger partial charge in [-0.3, -0.25) is 4.68 Å². The van der Waals surface area contributed by atoms with E-state index >= 15 is 0 Å². The second-order valence-corrected chi connectivity index (χ2v) is 5.84. The number of benzene rings is 1. The maximum atomic E-state index is 14.3. The second-order valence-electron chi connectivity index (χ2n) is 4.71. The highest BCUT2D eigenvalue weighted by molar-refractivity contribution is 7.13. The Morgan fingerprint density at radius 3 is 2.81 bits per heavy atom. The summed E-state index contributed by atoms with van der Waals surface area (Å²) in [5.41, 5.74) is 3.20. The lowest BCUT2D eigenvalue weighted by atomic mass is 10.1. The number of halogens is 2. The zero-order chi connectivity index (χ0) is 14.8. The van der Waals surface area contributed by atoms with E-state index in [4.69, 9.17) is 11.6 Å². The summed E-state index contributed by atoms with van der Waals surface area (Å²) >= 11 is 7.21. The number of aromatic nitrogens is 3. The van der Waals surface area contributed by atoms with Crippen LogP contribution in [0.3, 0.4) is 0 Å². The molecule has 3 nitrogen and oxygen atoms in total. The first kappa shape index (κ1) is 14.2. The van der Waals surface area contributed by atoms with Crippen LogP contribution in [0.5, 0.6) is 0 Å². The third-order valence-electron chi connectivity index (χ3n) is 3.24. The van der Waals surface area contributed by atoms with Crippen LogP contribution in [0.15, 0.2) is 35.8 Å². The molecule has 21 heavy (non-hydrogen) atoms. The standard InChI is InChI=1S/C15H13ClFN3S/c1-10-4-5-18-20(10)8-12-3-2-11(6-14(12)17)15-19-13(7-16)9-21-15/h2-6,9H,7-8H2,1H3. The van der Waals surface area contributed by atoms with Gasteiger partial charge in [0, 0.05) is 28.4 Å². The van der Waals surface area contributed by atoms with E-state index < -0.39 is 0 Å². The van der Waals surface area contributed by atoms with E-state index in [9.17, 15) is 4.39 Å². The van der Waals surface area contributed by atoms with Crippen LogP contribution in [0.2, 0.25) is 0 Å². The van der Waals surface area contributed by atoms with Crippen LogP contribution in [0, 0.1) is 12.7 Å². The molecule has 2 heterocycles. The van der Waals surface area contributed by atoms with E-state index in [1.54, 1.807) is 16.9 Å². The second kappa shape index (κ2) is 5.95. The smallest absolute Gasteiger partial charge is 0.128 e. The van der Waals surface area contributed by atoms with E-state index in [2.05, 4.69) is 10.1 Å². The summed E-state index contributed by atoms with van der Waals surface area (Å²) in [6.45, 7) is 2.37. The van der Waals surface area contributed by atoms with Crippen LogP contribution < -0.4 is 0 Å². The van der Waals surface area contributed by atoms with Gasteiger partial charge in [0.1, 0.15) is 10.8 Å². The molecule has 0 spiro atoms. The van der Waals surface area contributed by atoms with Crippen LogP contribution in [0.4, 0.5) is 4.39 Å². The number of thiazole rings is 1. The molecule has 0 aliphatic heterocycles. The van der Waals surface area contributed by atoms with Gasteiger partial charge >= 0.3 is 0 Å².